The first-order valence-corrected chi connectivity index (χ1v) is 8.80. The summed E-state index contributed by atoms with van der Waals surface area (Å²) in [6, 6.07) is 12.3. The van der Waals surface area contributed by atoms with Crippen molar-refractivity contribution in [1.29, 1.82) is 0 Å². The lowest BCUT2D eigenvalue weighted by Gasteiger charge is -2.35. The molecular weight excluding hydrogens is 316 g/mol. The fourth-order valence-electron chi connectivity index (χ4n) is 3.13. The molecule has 2 heterocycles. The summed E-state index contributed by atoms with van der Waals surface area (Å²) >= 11 is 0. The molecule has 134 valence electrons. The standard InChI is InChI=1S/C20H26N2O3/c1-20(2,3)25-19(23)21-15-10-12-22(13-11-15)17-8-5-4-7-16(17)18-9-6-14-24-18/h4-9,14-15H,10-13H2,1-3H3,(H,21,23). The second-order valence-electron chi connectivity index (χ2n) is 7.40. The van der Waals surface area contributed by atoms with Gasteiger partial charge in [0.05, 0.1) is 6.26 Å². The van der Waals surface area contributed by atoms with Crippen LogP contribution < -0.4 is 10.2 Å². The molecule has 2 aromatic rings. The molecule has 1 aliphatic rings. The normalized spacial score (nSPS) is 15.9. The average Bonchev–Trinajstić information content (AvgIpc) is 3.08. The second-order valence-corrected chi connectivity index (χ2v) is 7.40. The number of nitrogens with one attached hydrogen (secondary N) is 1. The molecule has 1 aromatic carbocycles. The number of para-hydroxylation sites is 1. The van der Waals surface area contributed by atoms with Gasteiger partial charge in [-0.3, -0.25) is 0 Å². The molecule has 0 bridgehead atoms. The summed E-state index contributed by atoms with van der Waals surface area (Å²) in [5.74, 6) is 0.879. The number of carbonyl (C=O) groups is 1. The second kappa shape index (κ2) is 7.21. The lowest BCUT2D eigenvalue weighted by Crippen LogP contribution is -2.46. The number of furan rings is 1. The largest absolute Gasteiger partial charge is 0.464 e. The summed E-state index contributed by atoms with van der Waals surface area (Å²) in [7, 11) is 0. The molecule has 0 unspecified atom stereocenters. The zero-order valence-electron chi connectivity index (χ0n) is 15.1. The summed E-state index contributed by atoms with van der Waals surface area (Å²) in [5, 5.41) is 2.98. The molecule has 5 nitrogen and oxygen atoms in total. The number of rotatable bonds is 3. The molecule has 0 atom stereocenters. The monoisotopic (exact) mass is 342 g/mol. The van der Waals surface area contributed by atoms with Crippen LogP contribution in [-0.4, -0.2) is 30.8 Å². The molecule has 0 spiro atoms. The molecule has 0 saturated carbocycles. The molecule has 0 radical (unpaired) electrons. The number of anilines is 1. The Hall–Kier alpha value is -2.43. The van der Waals surface area contributed by atoms with Crippen LogP contribution in [0.2, 0.25) is 0 Å². The Morgan fingerprint density at radius 3 is 2.52 bits per heavy atom. The molecule has 5 heteroatoms. The van der Waals surface area contributed by atoms with Crippen molar-refractivity contribution in [1.82, 2.24) is 5.32 Å². The Balaban J connectivity index is 1.61. The van der Waals surface area contributed by atoms with Gasteiger partial charge in [0.15, 0.2) is 0 Å². The van der Waals surface area contributed by atoms with Crippen LogP contribution in [0.1, 0.15) is 33.6 Å². The average molecular weight is 342 g/mol. The van der Waals surface area contributed by atoms with E-state index < -0.39 is 5.60 Å². The van der Waals surface area contributed by atoms with E-state index >= 15 is 0 Å². The third kappa shape index (κ3) is 4.56. The van der Waals surface area contributed by atoms with Gasteiger partial charge in [0.1, 0.15) is 11.4 Å². The third-order valence-electron chi connectivity index (χ3n) is 4.25. The van der Waals surface area contributed by atoms with Gasteiger partial charge in [-0.2, -0.15) is 0 Å². The smallest absolute Gasteiger partial charge is 0.407 e. The van der Waals surface area contributed by atoms with Crippen LogP contribution in [0.25, 0.3) is 11.3 Å². The van der Waals surface area contributed by atoms with Gasteiger partial charge in [-0.05, 0) is 57.9 Å². The number of nitrogens with zero attached hydrogens (tertiary/aromatic N) is 1. The molecular formula is C20H26N2O3. The third-order valence-corrected chi connectivity index (χ3v) is 4.25. The van der Waals surface area contributed by atoms with Crippen LogP contribution in [0.15, 0.2) is 47.1 Å². The number of ether oxygens (including phenoxy) is 1. The highest BCUT2D eigenvalue weighted by molar-refractivity contribution is 5.75. The molecule has 3 rings (SSSR count). The maximum atomic E-state index is 11.9. The van der Waals surface area contributed by atoms with E-state index in [1.165, 1.54) is 5.69 Å². The fraction of sp³-hybridized carbons (Fsp3) is 0.450. The quantitative estimate of drug-likeness (QED) is 0.896. The fourth-order valence-corrected chi connectivity index (χ4v) is 3.13. The predicted octanol–water partition coefficient (Wildman–Crippen LogP) is 4.44. The van der Waals surface area contributed by atoms with E-state index in [9.17, 15) is 4.79 Å². The van der Waals surface area contributed by atoms with Crippen molar-refractivity contribution >= 4 is 11.8 Å². The Kier molecular flexibility index (Phi) is 5.02. The van der Waals surface area contributed by atoms with E-state index in [0.717, 1.165) is 37.3 Å². The van der Waals surface area contributed by atoms with E-state index in [2.05, 4.69) is 22.3 Å². The molecule has 0 aliphatic carbocycles. The molecule has 1 amide bonds. The maximum absolute atomic E-state index is 11.9. The lowest BCUT2D eigenvalue weighted by atomic mass is 10.0. The van der Waals surface area contributed by atoms with Crippen LogP contribution in [0.5, 0.6) is 0 Å². The van der Waals surface area contributed by atoms with Crippen LogP contribution in [0, 0.1) is 0 Å². The van der Waals surface area contributed by atoms with Crippen molar-refractivity contribution in [2.75, 3.05) is 18.0 Å². The predicted molar refractivity (Wildman–Crippen MR) is 98.7 cm³/mol. The minimum absolute atomic E-state index is 0.155. The SMILES string of the molecule is CC(C)(C)OC(=O)NC1CCN(c2ccccc2-c2ccco2)CC1. The molecule has 1 aromatic heterocycles. The van der Waals surface area contributed by atoms with Crippen molar-refractivity contribution in [2.45, 2.75) is 45.3 Å². The van der Waals surface area contributed by atoms with Gasteiger partial charge < -0.3 is 19.4 Å². The molecule has 1 aliphatic heterocycles. The summed E-state index contributed by atoms with van der Waals surface area (Å²) in [5.41, 5.74) is 1.81. The van der Waals surface area contributed by atoms with Crippen LogP contribution in [0.4, 0.5) is 10.5 Å². The van der Waals surface area contributed by atoms with Crippen molar-refractivity contribution in [3.8, 4) is 11.3 Å². The van der Waals surface area contributed by atoms with E-state index in [1.54, 1.807) is 6.26 Å². The number of amides is 1. The van der Waals surface area contributed by atoms with Gasteiger partial charge in [-0.1, -0.05) is 12.1 Å². The number of alkyl carbamates (subject to hydrolysis) is 1. The Bertz CT molecular complexity index is 696. The topological polar surface area (TPSA) is 54.7 Å². The van der Waals surface area contributed by atoms with Gasteiger partial charge in [0, 0.05) is 30.4 Å². The molecule has 25 heavy (non-hydrogen) atoms. The minimum atomic E-state index is -0.466. The van der Waals surface area contributed by atoms with E-state index in [0.29, 0.717) is 0 Å². The highest BCUT2D eigenvalue weighted by Crippen LogP contribution is 2.32. The van der Waals surface area contributed by atoms with Gasteiger partial charge in [-0.25, -0.2) is 4.79 Å². The first-order chi connectivity index (χ1) is 11.9. The zero-order valence-corrected chi connectivity index (χ0v) is 15.1. The van der Waals surface area contributed by atoms with Gasteiger partial charge in [-0.15, -0.1) is 0 Å². The Morgan fingerprint density at radius 2 is 1.88 bits per heavy atom. The highest BCUT2D eigenvalue weighted by atomic mass is 16.6. The Labute approximate surface area is 149 Å². The minimum Gasteiger partial charge on any atom is -0.464 e. The van der Waals surface area contributed by atoms with Crippen molar-refractivity contribution in [3.05, 3.63) is 42.7 Å². The van der Waals surface area contributed by atoms with Gasteiger partial charge >= 0.3 is 6.09 Å². The Morgan fingerprint density at radius 1 is 1.16 bits per heavy atom. The van der Waals surface area contributed by atoms with Crippen molar-refractivity contribution in [2.24, 2.45) is 0 Å². The summed E-state index contributed by atoms with van der Waals surface area (Å²) < 4.78 is 10.9. The van der Waals surface area contributed by atoms with Gasteiger partial charge in [0.2, 0.25) is 0 Å². The number of benzene rings is 1. The molecule has 1 N–H and O–H groups in total. The number of carbonyl (C=O) groups excluding carboxylic acids is 1. The molecule has 1 saturated heterocycles. The highest BCUT2D eigenvalue weighted by Gasteiger charge is 2.25. The van der Waals surface area contributed by atoms with Crippen molar-refractivity contribution in [3.63, 3.8) is 0 Å². The van der Waals surface area contributed by atoms with E-state index in [1.807, 2.05) is 45.0 Å². The van der Waals surface area contributed by atoms with Crippen LogP contribution in [-0.2, 0) is 4.74 Å². The first kappa shape index (κ1) is 17.4. The summed E-state index contributed by atoms with van der Waals surface area (Å²) in [6.45, 7) is 7.40. The first-order valence-electron chi connectivity index (χ1n) is 8.80. The summed E-state index contributed by atoms with van der Waals surface area (Å²) in [6.07, 6.45) is 3.16. The van der Waals surface area contributed by atoms with E-state index in [-0.39, 0.29) is 12.1 Å². The van der Waals surface area contributed by atoms with Gasteiger partial charge in [0.25, 0.3) is 0 Å². The van der Waals surface area contributed by atoms with Crippen LogP contribution >= 0.6 is 0 Å². The van der Waals surface area contributed by atoms with Crippen molar-refractivity contribution < 1.29 is 13.9 Å². The lowest BCUT2D eigenvalue weighted by molar-refractivity contribution is 0.0497. The summed E-state index contributed by atoms with van der Waals surface area (Å²) in [4.78, 5) is 14.3. The number of hydrogen-bond acceptors (Lipinski definition) is 4. The van der Waals surface area contributed by atoms with Crippen LogP contribution in [0.3, 0.4) is 0 Å². The zero-order chi connectivity index (χ0) is 17.9. The maximum Gasteiger partial charge on any atom is 0.407 e. The van der Waals surface area contributed by atoms with E-state index in [4.69, 9.17) is 9.15 Å². The molecule has 1 fully saturated rings. The number of piperidine rings is 1. The number of hydrogen-bond donors (Lipinski definition) is 1.